The maximum atomic E-state index is 10.8. The number of fused-ring (bicyclic) bond motifs is 1. The number of nitrogens with zero attached hydrogens (tertiary/aromatic N) is 1. The number of hydrogen-bond acceptors (Lipinski definition) is 2. The summed E-state index contributed by atoms with van der Waals surface area (Å²) in [6.07, 6.45) is 4.91. The van der Waals surface area contributed by atoms with E-state index in [1.807, 2.05) is 53.4 Å². The van der Waals surface area contributed by atoms with E-state index in [0.717, 1.165) is 18.5 Å². The molecule has 1 unspecified atom stereocenters. The van der Waals surface area contributed by atoms with Crippen molar-refractivity contribution >= 4 is 0 Å². The van der Waals surface area contributed by atoms with Gasteiger partial charge in [0, 0.05) is 24.2 Å². The van der Waals surface area contributed by atoms with Gasteiger partial charge < -0.3 is 5.11 Å². The Balaban J connectivity index is 1.96. The Hall–Kier alpha value is -1.71. The Morgan fingerprint density at radius 2 is 1.89 bits per heavy atom. The third kappa shape index (κ3) is 2.03. The first-order chi connectivity index (χ1) is 8.78. The number of aliphatic hydroxyl groups is 1. The quantitative estimate of drug-likeness (QED) is 0.769. The van der Waals surface area contributed by atoms with Crippen LogP contribution in [0.1, 0.15) is 11.1 Å². The highest BCUT2D eigenvalue weighted by atomic mass is 16.3. The molecule has 0 saturated heterocycles. The lowest BCUT2D eigenvalue weighted by Gasteiger charge is -2.33. The van der Waals surface area contributed by atoms with E-state index in [1.165, 1.54) is 5.56 Å². The number of rotatable bonds is 2. The highest BCUT2D eigenvalue weighted by Crippen LogP contribution is 2.26. The van der Waals surface area contributed by atoms with E-state index in [0.29, 0.717) is 6.54 Å². The Morgan fingerprint density at radius 1 is 1.11 bits per heavy atom. The summed E-state index contributed by atoms with van der Waals surface area (Å²) in [5, 5.41) is 14.1. The third-order valence-electron chi connectivity index (χ3n) is 3.46. The summed E-state index contributed by atoms with van der Waals surface area (Å²) < 4.78 is 2.00. The molecule has 2 N–H and O–H groups in total. The van der Waals surface area contributed by atoms with Crippen molar-refractivity contribution in [3.63, 3.8) is 0 Å². The molecule has 0 amide bonds. The first kappa shape index (κ1) is 11.4. The third-order valence-corrected chi connectivity index (χ3v) is 3.46. The molecule has 2 aromatic rings. The molecule has 0 fully saturated rings. The standard InChI is InChI=1S/C15H17N2O/c18-15(12-17-10-4-1-5-11-17)14-7-3-2-6-13(14)8-9-16-15/h1-7,10-11,16,18H,8-9,12H2/q+1. The lowest BCUT2D eigenvalue weighted by Crippen LogP contribution is -2.56. The van der Waals surface area contributed by atoms with Crippen LogP contribution in [0.4, 0.5) is 0 Å². The van der Waals surface area contributed by atoms with Crippen LogP contribution in [-0.2, 0) is 18.7 Å². The van der Waals surface area contributed by atoms with E-state index < -0.39 is 5.72 Å². The van der Waals surface area contributed by atoms with Crippen molar-refractivity contribution in [3.05, 3.63) is 66.0 Å². The zero-order chi connectivity index (χ0) is 12.4. The van der Waals surface area contributed by atoms with E-state index in [-0.39, 0.29) is 0 Å². The second-order valence-corrected chi connectivity index (χ2v) is 4.74. The van der Waals surface area contributed by atoms with Gasteiger partial charge in [0.15, 0.2) is 18.9 Å². The molecule has 1 aliphatic rings. The Labute approximate surface area is 107 Å². The molecular formula is C15H17N2O+. The van der Waals surface area contributed by atoms with Crippen molar-refractivity contribution in [2.45, 2.75) is 18.7 Å². The number of benzene rings is 1. The van der Waals surface area contributed by atoms with Crippen molar-refractivity contribution in [2.24, 2.45) is 0 Å². The van der Waals surface area contributed by atoms with Gasteiger partial charge in [-0.3, -0.25) is 5.32 Å². The first-order valence-electron chi connectivity index (χ1n) is 6.28. The van der Waals surface area contributed by atoms with Gasteiger partial charge in [0.1, 0.15) is 0 Å². The minimum atomic E-state index is -0.971. The summed E-state index contributed by atoms with van der Waals surface area (Å²) in [5.41, 5.74) is 1.25. The van der Waals surface area contributed by atoms with E-state index in [9.17, 15) is 5.11 Å². The molecule has 0 bridgehead atoms. The van der Waals surface area contributed by atoms with Crippen molar-refractivity contribution in [2.75, 3.05) is 6.54 Å². The van der Waals surface area contributed by atoms with Gasteiger partial charge in [-0.15, -0.1) is 0 Å². The van der Waals surface area contributed by atoms with E-state index in [2.05, 4.69) is 11.4 Å². The van der Waals surface area contributed by atoms with Crippen LogP contribution in [0.5, 0.6) is 0 Å². The van der Waals surface area contributed by atoms with Crippen molar-refractivity contribution in [1.29, 1.82) is 0 Å². The molecule has 0 aliphatic carbocycles. The number of aromatic nitrogens is 1. The molecule has 1 aromatic carbocycles. The lowest BCUT2D eigenvalue weighted by atomic mass is 9.91. The molecule has 18 heavy (non-hydrogen) atoms. The molecular weight excluding hydrogens is 224 g/mol. The number of pyridine rings is 1. The maximum absolute atomic E-state index is 10.8. The predicted molar refractivity (Wildman–Crippen MR) is 68.7 cm³/mol. The highest BCUT2D eigenvalue weighted by molar-refractivity contribution is 5.33. The summed E-state index contributed by atoms with van der Waals surface area (Å²) in [7, 11) is 0. The van der Waals surface area contributed by atoms with Crippen LogP contribution >= 0.6 is 0 Å². The van der Waals surface area contributed by atoms with E-state index in [1.54, 1.807) is 0 Å². The normalized spacial score (nSPS) is 22.5. The fraction of sp³-hybridized carbons (Fsp3) is 0.267. The minimum Gasteiger partial charge on any atom is -0.366 e. The summed E-state index contributed by atoms with van der Waals surface area (Å²) in [6.45, 7) is 1.33. The molecule has 1 aliphatic heterocycles. The molecule has 3 rings (SSSR count). The van der Waals surface area contributed by atoms with Crippen molar-refractivity contribution in [1.82, 2.24) is 5.32 Å². The van der Waals surface area contributed by atoms with Crippen molar-refractivity contribution < 1.29 is 9.67 Å². The summed E-state index contributed by atoms with van der Waals surface area (Å²) >= 11 is 0. The van der Waals surface area contributed by atoms with Gasteiger partial charge in [-0.05, 0) is 12.0 Å². The molecule has 0 saturated carbocycles. The van der Waals surface area contributed by atoms with Gasteiger partial charge >= 0.3 is 0 Å². The second kappa shape index (κ2) is 4.52. The van der Waals surface area contributed by atoms with Crippen molar-refractivity contribution in [3.8, 4) is 0 Å². The van der Waals surface area contributed by atoms with Crippen LogP contribution in [0.25, 0.3) is 0 Å². The van der Waals surface area contributed by atoms with Gasteiger partial charge in [-0.2, -0.15) is 0 Å². The van der Waals surface area contributed by atoms with Crippen LogP contribution < -0.4 is 9.88 Å². The van der Waals surface area contributed by atoms with Gasteiger partial charge in [-0.1, -0.05) is 30.3 Å². The van der Waals surface area contributed by atoms with Crippen LogP contribution in [-0.4, -0.2) is 11.7 Å². The van der Waals surface area contributed by atoms with Gasteiger partial charge in [-0.25, -0.2) is 4.57 Å². The van der Waals surface area contributed by atoms with Gasteiger partial charge in [0.05, 0.1) is 0 Å². The van der Waals surface area contributed by atoms with E-state index >= 15 is 0 Å². The number of nitrogens with one attached hydrogen (secondary N) is 1. The fourth-order valence-electron chi connectivity index (χ4n) is 2.59. The molecule has 3 nitrogen and oxygen atoms in total. The zero-order valence-corrected chi connectivity index (χ0v) is 10.2. The van der Waals surface area contributed by atoms with Crippen LogP contribution in [0, 0.1) is 0 Å². The lowest BCUT2D eigenvalue weighted by molar-refractivity contribution is -0.713. The van der Waals surface area contributed by atoms with Crippen LogP contribution in [0.15, 0.2) is 54.9 Å². The van der Waals surface area contributed by atoms with Crippen LogP contribution in [0.3, 0.4) is 0 Å². The summed E-state index contributed by atoms with van der Waals surface area (Å²) in [4.78, 5) is 0. The molecule has 0 spiro atoms. The maximum Gasteiger partial charge on any atom is 0.203 e. The smallest absolute Gasteiger partial charge is 0.203 e. The summed E-state index contributed by atoms with van der Waals surface area (Å²) in [5.74, 6) is 0. The Bertz CT molecular complexity index is 541. The SMILES string of the molecule is OC1(C[n+]2ccccc2)NCCc2ccccc21. The minimum absolute atomic E-state index is 0.519. The predicted octanol–water partition coefficient (Wildman–Crippen LogP) is 0.965. The fourth-order valence-corrected chi connectivity index (χ4v) is 2.59. The molecule has 1 aromatic heterocycles. The molecule has 1 atom stereocenters. The van der Waals surface area contributed by atoms with E-state index in [4.69, 9.17) is 0 Å². The topological polar surface area (TPSA) is 36.1 Å². The highest BCUT2D eigenvalue weighted by Gasteiger charge is 2.37. The Morgan fingerprint density at radius 3 is 2.72 bits per heavy atom. The first-order valence-corrected chi connectivity index (χ1v) is 6.28. The largest absolute Gasteiger partial charge is 0.366 e. The average Bonchev–Trinajstić information content (AvgIpc) is 2.40. The Kier molecular flexibility index (Phi) is 2.86. The molecule has 0 radical (unpaired) electrons. The van der Waals surface area contributed by atoms with Gasteiger partial charge in [0.2, 0.25) is 5.72 Å². The molecule has 3 heteroatoms. The average molecular weight is 241 g/mol. The zero-order valence-electron chi connectivity index (χ0n) is 10.2. The number of hydrogen-bond donors (Lipinski definition) is 2. The van der Waals surface area contributed by atoms with Gasteiger partial charge in [0.25, 0.3) is 0 Å². The molecule has 2 heterocycles. The monoisotopic (exact) mass is 241 g/mol. The van der Waals surface area contributed by atoms with Crippen LogP contribution in [0.2, 0.25) is 0 Å². The second-order valence-electron chi connectivity index (χ2n) is 4.74. The molecule has 92 valence electrons. The summed E-state index contributed by atoms with van der Waals surface area (Å²) in [6, 6.07) is 14.0.